The van der Waals surface area contributed by atoms with Gasteiger partial charge in [0.15, 0.2) is 0 Å². The standard InChI is InChI=1S/C28H34ClN3O3S/c1-20(2)36(34,35)31-26-9-4-22(21(3)18-26)19-30-25-10-12-27(13-11-25)32-16-14-28(33,15-17-32)23-5-7-24(29)8-6-23/h4-13,18,20,30-31,33H,14-17,19H2,1-3H3. The summed E-state index contributed by atoms with van der Waals surface area (Å²) in [5.41, 5.74) is 4.96. The Bertz CT molecular complexity index is 1280. The first kappa shape index (κ1) is 26.3. The van der Waals surface area contributed by atoms with Gasteiger partial charge in [-0.2, -0.15) is 0 Å². The first-order valence-corrected chi connectivity index (χ1v) is 14.2. The predicted molar refractivity (Wildman–Crippen MR) is 149 cm³/mol. The Morgan fingerprint density at radius 3 is 2.17 bits per heavy atom. The maximum Gasteiger partial charge on any atom is 0.235 e. The molecule has 1 aliphatic heterocycles. The summed E-state index contributed by atoms with van der Waals surface area (Å²) in [5, 5.41) is 14.8. The van der Waals surface area contributed by atoms with Gasteiger partial charge >= 0.3 is 0 Å². The number of halogens is 1. The molecule has 1 saturated heterocycles. The van der Waals surface area contributed by atoms with E-state index in [1.807, 2.05) is 43.3 Å². The zero-order chi connectivity index (χ0) is 25.9. The number of nitrogens with one attached hydrogen (secondary N) is 2. The molecule has 1 fully saturated rings. The number of piperidine rings is 1. The van der Waals surface area contributed by atoms with E-state index >= 15 is 0 Å². The van der Waals surface area contributed by atoms with Crippen molar-refractivity contribution in [1.82, 2.24) is 0 Å². The number of aryl methyl sites for hydroxylation is 1. The maximum atomic E-state index is 12.1. The number of rotatable bonds is 8. The van der Waals surface area contributed by atoms with Crippen molar-refractivity contribution in [2.75, 3.05) is 28.0 Å². The first-order chi connectivity index (χ1) is 17.1. The summed E-state index contributed by atoms with van der Waals surface area (Å²) in [7, 11) is -3.36. The number of nitrogens with zero attached hydrogens (tertiary/aromatic N) is 1. The highest BCUT2D eigenvalue weighted by Crippen LogP contribution is 2.35. The number of hydrogen-bond acceptors (Lipinski definition) is 5. The number of benzene rings is 3. The van der Waals surface area contributed by atoms with Gasteiger partial charge in [0.1, 0.15) is 0 Å². The van der Waals surface area contributed by atoms with Crippen molar-refractivity contribution in [3.05, 3.63) is 88.4 Å². The summed E-state index contributed by atoms with van der Waals surface area (Å²) in [6.45, 7) is 7.49. The predicted octanol–water partition coefficient (Wildman–Crippen LogP) is 5.90. The summed E-state index contributed by atoms with van der Waals surface area (Å²) in [6, 6.07) is 21.4. The molecule has 8 heteroatoms. The highest BCUT2D eigenvalue weighted by atomic mass is 35.5. The van der Waals surface area contributed by atoms with Crippen LogP contribution in [-0.2, 0) is 22.2 Å². The van der Waals surface area contributed by atoms with Crippen LogP contribution >= 0.6 is 11.6 Å². The van der Waals surface area contributed by atoms with E-state index in [-0.39, 0.29) is 0 Å². The third-order valence-electron chi connectivity index (χ3n) is 6.91. The Hall–Kier alpha value is -2.74. The minimum Gasteiger partial charge on any atom is -0.385 e. The highest BCUT2D eigenvalue weighted by Gasteiger charge is 2.34. The zero-order valence-electron chi connectivity index (χ0n) is 21.0. The molecule has 192 valence electrons. The maximum absolute atomic E-state index is 12.1. The molecule has 0 saturated carbocycles. The molecule has 0 bridgehead atoms. The second-order valence-corrected chi connectivity index (χ2v) is 12.4. The first-order valence-electron chi connectivity index (χ1n) is 12.2. The third kappa shape index (κ3) is 6.14. The van der Waals surface area contributed by atoms with Crippen LogP contribution in [0, 0.1) is 6.92 Å². The molecule has 36 heavy (non-hydrogen) atoms. The molecular weight excluding hydrogens is 494 g/mol. The molecular formula is C28H34ClN3O3S. The average molecular weight is 528 g/mol. The van der Waals surface area contributed by atoms with Gasteiger partial charge in [-0.05, 0) is 98.8 Å². The van der Waals surface area contributed by atoms with E-state index in [1.165, 1.54) is 0 Å². The van der Waals surface area contributed by atoms with Crippen LogP contribution in [0.4, 0.5) is 17.1 Å². The Morgan fingerprint density at radius 1 is 0.972 bits per heavy atom. The fourth-order valence-corrected chi connectivity index (χ4v) is 5.23. The molecule has 4 rings (SSSR count). The minimum absolute atomic E-state index is 0.485. The van der Waals surface area contributed by atoms with Crippen LogP contribution in [0.1, 0.15) is 43.4 Å². The van der Waals surface area contributed by atoms with Crippen LogP contribution in [0.3, 0.4) is 0 Å². The van der Waals surface area contributed by atoms with E-state index in [0.29, 0.717) is 30.1 Å². The van der Waals surface area contributed by atoms with Crippen LogP contribution in [0.25, 0.3) is 0 Å². The summed E-state index contributed by atoms with van der Waals surface area (Å²) in [4.78, 5) is 2.30. The molecule has 3 aromatic carbocycles. The Kier molecular flexibility index (Phi) is 7.83. The van der Waals surface area contributed by atoms with Gasteiger partial charge < -0.3 is 15.3 Å². The molecule has 0 amide bonds. The van der Waals surface area contributed by atoms with Crippen LogP contribution in [0.2, 0.25) is 5.02 Å². The van der Waals surface area contributed by atoms with E-state index in [9.17, 15) is 13.5 Å². The molecule has 0 aromatic heterocycles. The lowest BCUT2D eigenvalue weighted by Crippen LogP contribution is -2.42. The lowest BCUT2D eigenvalue weighted by molar-refractivity contribution is 0.0118. The van der Waals surface area contributed by atoms with E-state index in [2.05, 4.69) is 39.2 Å². The normalized spacial score (nSPS) is 15.7. The molecule has 3 aromatic rings. The fourth-order valence-electron chi connectivity index (χ4n) is 4.41. The second-order valence-electron chi connectivity index (χ2n) is 9.76. The highest BCUT2D eigenvalue weighted by molar-refractivity contribution is 7.93. The van der Waals surface area contributed by atoms with Crippen molar-refractivity contribution in [1.29, 1.82) is 0 Å². The van der Waals surface area contributed by atoms with Crippen LogP contribution < -0.4 is 14.9 Å². The van der Waals surface area contributed by atoms with Gasteiger partial charge in [-0.25, -0.2) is 8.42 Å². The van der Waals surface area contributed by atoms with E-state index in [0.717, 1.165) is 41.2 Å². The van der Waals surface area contributed by atoms with Gasteiger partial charge in [-0.15, -0.1) is 0 Å². The summed E-state index contributed by atoms with van der Waals surface area (Å²) < 4.78 is 26.9. The van der Waals surface area contributed by atoms with Gasteiger partial charge in [0.2, 0.25) is 10.0 Å². The number of sulfonamides is 1. The van der Waals surface area contributed by atoms with Gasteiger partial charge in [-0.3, -0.25) is 4.72 Å². The molecule has 1 aliphatic rings. The van der Waals surface area contributed by atoms with Crippen LogP contribution in [-0.4, -0.2) is 31.9 Å². The largest absolute Gasteiger partial charge is 0.385 e. The van der Waals surface area contributed by atoms with E-state index in [1.54, 1.807) is 19.9 Å². The van der Waals surface area contributed by atoms with E-state index in [4.69, 9.17) is 11.6 Å². The molecule has 0 spiro atoms. The minimum atomic E-state index is -3.36. The SMILES string of the molecule is Cc1cc(NS(=O)(=O)C(C)C)ccc1CNc1ccc(N2CCC(O)(c3ccc(Cl)cc3)CC2)cc1. The summed E-state index contributed by atoms with van der Waals surface area (Å²) >= 11 is 6.00. The van der Waals surface area contributed by atoms with Gasteiger partial charge in [0.25, 0.3) is 0 Å². The third-order valence-corrected chi connectivity index (χ3v) is 8.92. The number of anilines is 3. The zero-order valence-corrected chi connectivity index (χ0v) is 22.5. The molecule has 1 heterocycles. The van der Waals surface area contributed by atoms with Gasteiger partial charge in [0.05, 0.1) is 10.9 Å². The molecule has 3 N–H and O–H groups in total. The molecule has 0 radical (unpaired) electrons. The smallest absolute Gasteiger partial charge is 0.235 e. The van der Waals surface area contributed by atoms with Gasteiger partial charge in [0, 0.05) is 41.7 Å². The van der Waals surface area contributed by atoms with Crippen molar-refractivity contribution in [3.63, 3.8) is 0 Å². The quantitative estimate of drug-likeness (QED) is 0.340. The Labute approximate surface area is 219 Å². The van der Waals surface area contributed by atoms with Gasteiger partial charge in [-0.1, -0.05) is 29.8 Å². The van der Waals surface area contributed by atoms with Crippen LogP contribution in [0.5, 0.6) is 0 Å². The number of aliphatic hydroxyl groups is 1. The van der Waals surface area contributed by atoms with Crippen molar-refractivity contribution in [3.8, 4) is 0 Å². The summed E-state index contributed by atoms with van der Waals surface area (Å²) in [6.07, 6.45) is 1.33. The van der Waals surface area contributed by atoms with Crippen LogP contribution in [0.15, 0.2) is 66.7 Å². The monoisotopic (exact) mass is 527 g/mol. The van der Waals surface area contributed by atoms with Crippen molar-refractivity contribution >= 4 is 38.7 Å². The lowest BCUT2D eigenvalue weighted by atomic mass is 9.84. The topological polar surface area (TPSA) is 81.7 Å². The van der Waals surface area contributed by atoms with E-state index < -0.39 is 20.9 Å². The van der Waals surface area contributed by atoms with Crippen molar-refractivity contribution in [2.24, 2.45) is 0 Å². The molecule has 0 aliphatic carbocycles. The Balaban J connectivity index is 1.32. The fraction of sp³-hybridized carbons (Fsp3) is 0.357. The van der Waals surface area contributed by atoms with Crippen molar-refractivity contribution in [2.45, 2.75) is 51.0 Å². The Morgan fingerprint density at radius 2 is 1.58 bits per heavy atom. The molecule has 0 atom stereocenters. The van der Waals surface area contributed by atoms with Crippen molar-refractivity contribution < 1.29 is 13.5 Å². The number of hydrogen-bond donors (Lipinski definition) is 3. The lowest BCUT2D eigenvalue weighted by Gasteiger charge is -2.39. The molecule has 0 unspecified atom stereocenters. The molecule has 6 nitrogen and oxygen atoms in total. The second kappa shape index (κ2) is 10.7. The average Bonchev–Trinajstić information content (AvgIpc) is 2.84. The summed E-state index contributed by atoms with van der Waals surface area (Å²) in [5.74, 6) is 0.